The molecule has 2 N–H and O–H groups in total. The van der Waals surface area contributed by atoms with Crippen molar-refractivity contribution in [2.24, 2.45) is 27.7 Å². The summed E-state index contributed by atoms with van der Waals surface area (Å²) >= 11 is 0. The fourth-order valence-corrected chi connectivity index (χ4v) is 12.1. The maximum atomic E-state index is 12.8. The first kappa shape index (κ1) is 70.0. The van der Waals surface area contributed by atoms with E-state index in [2.05, 4.69) is 32.7 Å². The Morgan fingerprint density at radius 3 is 1.34 bits per heavy atom. The minimum Gasteiger partial charge on any atom is -0.635 e. The third kappa shape index (κ3) is 14.8. The largest absolute Gasteiger partial charge is 2.00 e. The fourth-order valence-electron chi connectivity index (χ4n) is 12.1. The number of aryl methyl sites for hydroxylation is 4. The van der Waals surface area contributed by atoms with Gasteiger partial charge in [0.15, 0.2) is 17.1 Å². The van der Waals surface area contributed by atoms with E-state index in [9.17, 15) is 25.9 Å². The third-order valence-electron chi connectivity index (χ3n) is 17.6. The first-order valence-corrected chi connectivity index (χ1v) is 32.4. The van der Waals surface area contributed by atoms with Gasteiger partial charge in [-0.05, 0) is 233 Å². The predicted molar refractivity (Wildman–Crippen MR) is 372 cm³/mol. The molecule has 103 heavy (non-hydrogen) atoms. The van der Waals surface area contributed by atoms with Gasteiger partial charge in [-0.2, -0.15) is 21.7 Å². The van der Waals surface area contributed by atoms with Crippen molar-refractivity contribution >= 4 is 40.4 Å². The Balaban J connectivity index is 0.000000192. The maximum Gasteiger partial charge on any atom is 2.00 e. The van der Waals surface area contributed by atoms with Crippen molar-refractivity contribution < 1.29 is 69.5 Å². The second-order valence-corrected chi connectivity index (χ2v) is 24.8. The summed E-state index contributed by atoms with van der Waals surface area (Å²) in [5.41, 5.74) is 8.75. The molecule has 0 saturated heterocycles. The molecule has 8 aromatic rings. The molecule has 4 aliphatic carbocycles. The van der Waals surface area contributed by atoms with Gasteiger partial charge in [0.2, 0.25) is 11.6 Å². The number of nitrogens with two attached hydrogens (primary N) is 1. The van der Waals surface area contributed by atoms with Crippen LogP contribution in [0.4, 0.5) is 17.1 Å². The van der Waals surface area contributed by atoms with E-state index in [0.717, 1.165) is 60.8 Å². The summed E-state index contributed by atoms with van der Waals surface area (Å²) in [5, 5.41) is 41.8. The van der Waals surface area contributed by atoms with Crippen LogP contribution >= 0.6 is 0 Å². The number of hydrogen-bond donors (Lipinski definition) is 1. The number of allylic oxidation sites excluding steroid dienone is 2. The summed E-state index contributed by atoms with van der Waals surface area (Å²) in [7, 11) is 3.18. The molecule has 0 amide bonds. The van der Waals surface area contributed by atoms with Crippen LogP contribution in [0.25, 0.3) is 26.1 Å². The van der Waals surface area contributed by atoms with E-state index in [1.807, 2.05) is 52.0 Å². The van der Waals surface area contributed by atoms with Gasteiger partial charge in [0.05, 0.1) is 73.6 Å². The van der Waals surface area contributed by atoms with Crippen LogP contribution in [0.5, 0.6) is 63.5 Å². The van der Waals surface area contributed by atoms with Gasteiger partial charge in [-0.25, -0.2) is 24.5 Å². The second kappa shape index (κ2) is 29.9. The van der Waals surface area contributed by atoms with Crippen molar-refractivity contribution in [3.05, 3.63) is 255 Å². The molecule has 6 aromatic carbocycles. The molecule has 4 heterocycles. The Morgan fingerprint density at radius 1 is 0.524 bits per heavy atom. The number of aliphatic imine (C=N–C) groups is 2. The van der Waals surface area contributed by atoms with Crippen LogP contribution in [0.15, 0.2) is 165 Å². The van der Waals surface area contributed by atoms with Crippen LogP contribution in [0.1, 0.15) is 119 Å². The van der Waals surface area contributed by atoms with Gasteiger partial charge in [0.1, 0.15) is 80.6 Å². The van der Waals surface area contributed by atoms with Crippen molar-refractivity contribution in [1.29, 1.82) is 15.8 Å². The summed E-state index contributed by atoms with van der Waals surface area (Å²) in [4.78, 5) is 52.9. The monoisotopic (exact) mass is 1420 g/mol. The molecule has 0 atom stereocenters. The summed E-state index contributed by atoms with van der Waals surface area (Å²) in [6.07, 6.45) is 6.42. The number of aromatic nitrogens is 2. The minimum atomic E-state index is -0.489. The predicted octanol–water partition coefficient (Wildman–Crippen LogP) is 17.1. The van der Waals surface area contributed by atoms with Gasteiger partial charge in [0.25, 0.3) is 0 Å². The van der Waals surface area contributed by atoms with Crippen molar-refractivity contribution in [3.8, 4) is 81.7 Å². The van der Waals surface area contributed by atoms with E-state index in [4.69, 9.17) is 93.3 Å². The smallest absolute Gasteiger partial charge is 0.635 e. The zero-order valence-corrected chi connectivity index (χ0v) is 57.3. The SMILES string of the molecule is [C-]#[N+]c1ccc(Oc2[n-]c(/C(Oc3c(C)cc(OC)cc3C)=C3\N=C(Oc4ccc(C#N)cc4)C(C#N)=C3C3CC3)c(C3CC3)c2OON)cc1.[C-]#[N+]c1ccc(Oc2[n-]c(/C(Oc3c(C)cc(OC)cc3C)=C3\N=C(Oc4ccc(C#N)cc4)C([N+](=O)[O-])=C3C3CC3)c(C3CC3)c2[N+]#[C-])cc1.[Co+2]. The van der Waals surface area contributed by atoms with Gasteiger partial charge in [-0.15, -0.1) is 0 Å². The van der Waals surface area contributed by atoms with Crippen LogP contribution in [-0.2, 0) is 21.8 Å². The number of ether oxygens (including phenoxy) is 8. The minimum absolute atomic E-state index is 0. The Morgan fingerprint density at radius 2 is 0.922 bits per heavy atom. The molecule has 2 aromatic heterocycles. The molecule has 0 unspecified atom stereocenters. The van der Waals surface area contributed by atoms with Crippen molar-refractivity contribution in [2.75, 3.05) is 14.2 Å². The normalized spacial score (nSPS) is 15.9. The summed E-state index contributed by atoms with van der Waals surface area (Å²) in [6.45, 7) is 30.3. The fraction of sp³-hybridized carbons (Fsp3) is 0.231. The van der Waals surface area contributed by atoms with E-state index in [1.54, 1.807) is 111 Å². The number of nitrogens with zero attached hydrogens (tertiary/aromatic N) is 11. The van der Waals surface area contributed by atoms with Crippen molar-refractivity contribution in [2.45, 2.75) is 90.9 Å². The first-order chi connectivity index (χ1) is 49.6. The molecule has 0 bridgehead atoms. The summed E-state index contributed by atoms with van der Waals surface area (Å²) < 4.78 is 49.4. The molecule has 0 spiro atoms. The topological polar surface area (TPSA) is 299 Å². The number of nitriles is 3. The summed E-state index contributed by atoms with van der Waals surface area (Å²) in [6, 6.07) is 39.8. The number of methoxy groups -OCH3 is 2. The number of rotatable bonds is 21. The molecular weight excluding hydrogens is 1360 g/mol. The van der Waals surface area contributed by atoms with Crippen molar-refractivity contribution in [1.82, 2.24) is 9.97 Å². The van der Waals surface area contributed by atoms with Crippen LogP contribution in [-0.4, -0.2) is 30.9 Å². The quantitative estimate of drug-likeness (QED) is 0.0230. The van der Waals surface area contributed by atoms with Crippen LogP contribution in [0.2, 0.25) is 0 Å². The molecular formula is C78H60CoN12O12. The van der Waals surface area contributed by atoms with Crippen LogP contribution < -0.4 is 58.6 Å². The van der Waals surface area contributed by atoms with Gasteiger partial charge in [-0.1, -0.05) is 40.6 Å². The van der Waals surface area contributed by atoms with E-state index in [-0.39, 0.29) is 104 Å². The molecule has 6 aliphatic rings. The molecule has 25 heteroatoms. The Kier molecular flexibility index (Phi) is 20.3. The first-order valence-electron chi connectivity index (χ1n) is 32.4. The molecule has 14 rings (SSSR count). The Labute approximate surface area is 602 Å². The van der Waals surface area contributed by atoms with Gasteiger partial charge in [-0.3, -0.25) is 10.1 Å². The molecule has 4 saturated carbocycles. The van der Waals surface area contributed by atoms with Crippen LogP contribution in [0.3, 0.4) is 0 Å². The van der Waals surface area contributed by atoms with Crippen LogP contribution in [0, 0.1) is 103 Å². The third-order valence-corrected chi connectivity index (χ3v) is 17.6. The molecule has 24 nitrogen and oxygen atoms in total. The van der Waals surface area contributed by atoms with Crippen molar-refractivity contribution in [3.63, 3.8) is 0 Å². The molecule has 1 radical (unpaired) electrons. The van der Waals surface area contributed by atoms with E-state index in [0.29, 0.717) is 121 Å². The van der Waals surface area contributed by atoms with Gasteiger partial charge in [0, 0.05) is 11.5 Å². The Hall–Kier alpha value is -12.9. The number of benzene rings is 6. The van der Waals surface area contributed by atoms with E-state index in [1.165, 1.54) is 0 Å². The average Bonchev–Trinajstić information content (AvgIpc) is 1.59. The molecule has 2 aliphatic heterocycles. The zero-order chi connectivity index (χ0) is 71.5. The van der Waals surface area contributed by atoms with Gasteiger partial charge >= 0.3 is 28.4 Å². The average molecular weight is 1420 g/mol. The number of hydrogen-bond acceptors (Lipinski definition) is 18. The summed E-state index contributed by atoms with van der Waals surface area (Å²) in [5.74, 6) is 9.82. The zero-order valence-electron chi connectivity index (χ0n) is 56.2. The standard InChI is InChI=1S/C39H29N6O6.C39H31N6O6.Co/c1-21-18-29(48-5)19-22(2)36(21)51-37(32-30(24-8-9-24)34(42-4)38(43-32)49-28-16-12-26(41-3)13-17-28)33-31(25-10-11-25)35(45(46)47)39(44-33)50-27-14-6-23(20-40)7-15-27;1-21-17-29(46-4)18-22(2)35(21)49-37(33-31(24-7-8-24)30(20-41)38(44-33)47-27-13-5-23(19-40)6-14-27)34-32(25-9-10-25)36(50-51-42)39(45-34)48-28-15-11-26(43-3)12-16-28;/h6-7,12-19,24-25H,8-11H2,1-2,5H3;5-6,11-18,24-25H,7-10,42H2,1-2,4H3;/q2*-1;+2/b2*37-33+;. The van der Waals surface area contributed by atoms with E-state index >= 15 is 0 Å². The molecule has 513 valence electrons. The Bertz CT molecular complexity index is 5160. The van der Waals surface area contributed by atoms with Gasteiger partial charge < -0.3 is 52.8 Å². The maximum absolute atomic E-state index is 12.8. The second-order valence-electron chi connectivity index (χ2n) is 24.8. The van der Waals surface area contributed by atoms with E-state index < -0.39 is 4.92 Å². The number of nitro groups is 1. The molecule has 4 fully saturated rings.